The zero-order valence-electron chi connectivity index (χ0n) is 14.7. The molecule has 0 radical (unpaired) electrons. The van der Waals surface area contributed by atoms with Crippen molar-refractivity contribution in [2.45, 2.75) is 31.6 Å². The molecule has 4 rings (SSSR count). The van der Waals surface area contributed by atoms with Crippen molar-refractivity contribution in [1.29, 1.82) is 0 Å². The molecule has 1 aromatic heterocycles. The Balaban J connectivity index is 1.68. The van der Waals surface area contributed by atoms with Gasteiger partial charge in [0.1, 0.15) is 0 Å². The summed E-state index contributed by atoms with van der Waals surface area (Å²) in [5.74, 6) is 1.39. The molecule has 1 aliphatic rings. The highest BCUT2D eigenvalue weighted by Crippen LogP contribution is 2.40. The van der Waals surface area contributed by atoms with Crippen LogP contribution in [-0.4, -0.2) is 23.4 Å². The van der Waals surface area contributed by atoms with Crippen LogP contribution < -0.4 is 0 Å². The maximum absolute atomic E-state index is 6.08. The number of aromatic nitrogens is 2. The minimum absolute atomic E-state index is 0.306. The molecular weight excluding hydrogens is 348 g/mol. The van der Waals surface area contributed by atoms with Crippen LogP contribution in [-0.2, 0) is 16.6 Å². The molecule has 0 unspecified atom stereocenters. The standard InChI is InChI=1S/C21H21ClN2O2/c1-15-4-2-3-5-16(15)14-19-23-20(26-24-19)21(10-12-25-13-11-21)17-6-8-18(22)9-7-17/h2-9H,10-14H2,1H3. The highest BCUT2D eigenvalue weighted by molar-refractivity contribution is 6.30. The van der Waals surface area contributed by atoms with E-state index in [1.54, 1.807) is 0 Å². The maximum Gasteiger partial charge on any atom is 0.237 e. The van der Waals surface area contributed by atoms with E-state index in [0.29, 0.717) is 31.3 Å². The number of hydrogen-bond donors (Lipinski definition) is 0. The van der Waals surface area contributed by atoms with Gasteiger partial charge < -0.3 is 9.26 Å². The Kier molecular flexibility index (Phi) is 4.79. The van der Waals surface area contributed by atoms with E-state index in [-0.39, 0.29) is 5.41 Å². The Hall–Kier alpha value is -2.17. The van der Waals surface area contributed by atoms with E-state index in [0.717, 1.165) is 23.4 Å². The molecule has 0 atom stereocenters. The first-order valence-corrected chi connectivity index (χ1v) is 9.26. The first-order valence-electron chi connectivity index (χ1n) is 8.89. The predicted molar refractivity (Wildman–Crippen MR) is 101 cm³/mol. The fraction of sp³-hybridized carbons (Fsp3) is 0.333. The van der Waals surface area contributed by atoms with Crippen LogP contribution in [0.25, 0.3) is 0 Å². The minimum atomic E-state index is -0.306. The van der Waals surface area contributed by atoms with Gasteiger partial charge in [0, 0.05) is 24.7 Å². The van der Waals surface area contributed by atoms with E-state index < -0.39 is 0 Å². The molecule has 0 aliphatic carbocycles. The van der Waals surface area contributed by atoms with Crippen molar-refractivity contribution >= 4 is 11.6 Å². The van der Waals surface area contributed by atoms with Crippen LogP contribution in [0.15, 0.2) is 53.1 Å². The lowest BCUT2D eigenvalue weighted by Gasteiger charge is -2.34. The van der Waals surface area contributed by atoms with Crippen LogP contribution in [0.3, 0.4) is 0 Å². The van der Waals surface area contributed by atoms with Crippen LogP contribution in [0.4, 0.5) is 0 Å². The molecule has 2 heterocycles. The summed E-state index contributed by atoms with van der Waals surface area (Å²) in [5.41, 5.74) is 3.29. The summed E-state index contributed by atoms with van der Waals surface area (Å²) in [7, 11) is 0. The molecule has 1 fully saturated rings. The predicted octanol–water partition coefficient (Wildman–Crippen LogP) is 4.72. The lowest BCUT2D eigenvalue weighted by atomic mass is 9.74. The number of nitrogens with zero attached hydrogens (tertiary/aromatic N) is 2. The minimum Gasteiger partial charge on any atom is -0.381 e. The van der Waals surface area contributed by atoms with Gasteiger partial charge in [0.15, 0.2) is 5.82 Å². The van der Waals surface area contributed by atoms with Gasteiger partial charge in [-0.15, -0.1) is 0 Å². The quantitative estimate of drug-likeness (QED) is 0.668. The second-order valence-corrected chi connectivity index (χ2v) is 7.26. The zero-order valence-corrected chi connectivity index (χ0v) is 15.5. The average Bonchev–Trinajstić information content (AvgIpc) is 3.14. The molecule has 26 heavy (non-hydrogen) atoms. The number of rotatable bonds is 4. The lowest BCUT2D eigenvalue weighted by Crippen LogP contribution is -2.35. The fourth-order valence-electron chi connectivity index (χ4n) is 3.61. The van der Waals surface area contributed by atoms with E-state index >= 15 is 0 Å². The Labute approximate surface area is 158 Å². The summed E-state index contributed by atoms with van der Waals surface area (Å²) in [6, 6.07) is 16.2. The van der Waals surface area contributed by atoms with Crippen LogP contribution in [0.5, 0.6) is 0 Å². The second kappa shape index (κ2) is 7.22. The third-order valence-corrected chi connectivity index (χ3v) is 5.48. The number of hydrogen-bond acceptors (Lipinski definition) is 4. The summed E-state index contributed by atoms with van der Waals surface area (Å²) in [6.45, 7) is 3.46. The third kappa shape index (κ3) is 3.27. The third-order valence-electron chi connectivity index (χ3n) is 5.23. The largest absolute Gasteiger partial charge is 0.381 e. The number of halogens is 1. The summed E-state index contributed by atoms with van der Waals surface area (Å²) in [4.78, 5) is 4.77. The number of aryl methyl sites for hydroxylation is 1. The second-order valence-electron chi connectivity index (χ2n) is 6.82. The Bertz CT molecular complexity index is 883. The molecule has 134 valence electrons. The van der Waals surface area contributed by atoms with E-state index in [9.17, 15) is 0 Å². The van der Waals surface area contributed by atoms with Gasteiger partial charge in [-0.05, 0) is 48.6 Å². The van der Waals surface area contributed by atoms with E-state index in [1.165, 1.54) is 11.1 Å². The van der Waals surface area contributed by atoms with Gasteiger partial charge in [-0.3, -0.25) is 0 Å². The van der Waals surface area contributed by atoms with Crippen LogP contribution in [0, 0.1) is 6.92 Å². The van der Waals surface area contributed by atoms with Crippen molar-refractivity contribution in [2.75, 3.05) is 13.2 Å². The van der Waals surface area contributed by atoms with Gasteiger partial charge in [-0.1, -0.05) is 53.2 Å². The van der Waals surface area contributed by atoms with Gasteiger partial charge in [-0.25, -0.2) is 0 Å². The van der Waals surface area contributed by atoms with Crippen LogP contribution in [0.2, 0.25) is 5.02 Å². The Morgan fingerprint density at radius 2 is 1.77 bits per heavy atom. The molecule has 0 amide bonds. The summed E-state index contributed by atoms with van der Waals surface area (Å²) < 4.78 is 11.3. The van der Waals surface area contributed by atoms with E-state index in [2.05, 4.69) is 36.3 Å². The highest BCUT2D eigenvalue weighted by atomic mass is 35.5. The summed E-state index contributed by atoms with van der Waals surface area (Å²) in [6.07, 6.45) is 2.31. The van der Waals surface area contributed by atoms with Crippen molar-refractivity contribution < 1.29 is 9.26 Å². The smallest absolute Gasteiger partial charge is 0.237 e. The monoisotopic (exact) mass is 368 g/mol. The molecule has 0 bridgehead atoms. The molecule has 1 saturated heterocycles. The van der Waals surface area contributed by atoms with Crippen molar-refractivity contribution in [3.63, 3.8) is 0 Å². The molecule has 5 heteroatoms. The average molecular weight is 369 g/mol. The van der Waals surface area contributed by atoms with E-state index in [4.69, 9.17) is 25.8 Å². The Morgan fingerprint density at radius 1 is 1.04 bits per heavy atom. The maximum atomic E-state index is 6.08. The molecule has 0 N–H and O–H groups in total. The zero-order chi connectivity index (χ0) is 18.0. The molecular formula is C21H21ClN2O2. The van der Waals surface area contributed by atoms with Crippen LogP contribution in [0.1, 0.15) is 41.2 Å². The molecule has 0 spiro atoms. The Morgan fingerprint density at radius 3 is 2.50 bits per heavy atom. The molecule has 4 nitrogen and oxygen atoms in total. The lowest BCUT2D eigenvalue weighted by molar-refractivity contribution is 0.0523. The SMILES string of the molecule is Cc1ccccc1Cc1noc(C2(c3ccc(Cl)cc3)CCOCC2)n1. The van der Waals surface area contributed by atoms with Gasteiger partial charge in [0.25, 0.3) is 0 Å². The van der Waals surface area contributed by atoms with Crippen LogP contribution >= 0.6 is 11.6 Å². The fourth-order valence-corrected chi connectivity index (χ4v) is 3.74. The van der Waals surface area contributed by atoms with Crippen molar-refractivity contribution in [3.05, 3.63) is 82.0 Å². The van der Waals surface area contributed by atoms with Gasteiger partial charge in [0.05, 0.1) is 5.41 Å². The van der Waals surface area contributed by atoms with Gasteiger partial charge >= 0.3 is 0 Å². The van der Waals surface area contributed by atoms with Crippen molar-refractivity contribution in [3.8, 4) is 0 Å². The summed E-state index contributed by atoms with van der Waals surface area (Å²) >= 11 is 6.08. The van der Waals surface area contributed by atoms with Crippen molar-refractivity contribution in [2.24, 2.45) is 0 Å². The molecule has 0 saturated carbocycles. The molecule has 3 aromatic rings. The van der Waals surface area contributed by atoms with Gasteiger partial charge in [-0.2, -0.15) is 4.98 Å². The first-order chi connectivity index (χ1) is 12.7. The van der Waals surface area contributed by atoms with Crippen molar-refractivity contribution in [1.82, 2.24) is 10.1 Å². The first kappa shape index (κ1) is 17.3. The highest BCUT2D eigenvalue weighted by Gasteiger charge is 2.41. The number of benzene rings is 2. The normalized spacial score (nSPS) is 16.5. The summed E-state index contributed by atoms with van der Waals surface area (Å²) in [5, 5.41) is 4.99. The van der Waals surface area contributed by atoms with E-state index in [1.807, 2.05) is 24.3 Å². The molecule has 2 aromatic carbocycles. The van der Waals surface area contributed by atoms with Gasteiger partial charge in [0.2, 0.25) is 5.89 Å². The molecule has 1 aliphatic heterocycles. The number of ether oxygens (including phenoxy) is 1. The topological polar surface area (TPSA) is 48.2 Å².